The maximum atomic E-state index is 13.4. The number of hydrogen-bond acceptors (Lipinski definition) is 2. The Bertz CT molecular complexity index is 305. The van der Waals surface area contributed by atoms with Crippen LogP contribution in [0.1, 0.15) is 31.9 Å². The van der Waals surface area contributed by atoms with Gasteiger partial charge in [0, 0.05) is 6.04 Å². The van der Waals surface area contributed by atoms with Gasteiger partial charge in [-0.15, -0.1) is 12.4 Å². The number of nitrogens with two attached hydrogens (primary N) is 1. The summed E-state index contributed by atoms with van der Waals surface area (Å²) in [5, 5.41) is 0. The molecular weight excluding hydrogens is 217 g/mol. The molecule has 0 heterocycles. The molecule has 2 N–H and O–H groups in total. The van der Waals surface area contributed by atoms with E-state index in [0.717, 1.165) is 12.0 Å². The van der Waals surface area contributed by atoms with Crippen LogP contribution in [0.25, 0.3) is 0 Å². The summed E-state index contributed by atoms with van der Waals surface area (Å²) in [5.41, 5.74) is 6.41. The number of benzene rings is 1. The minimum Gasteiger partial charge on any atom is -0.491 e. The average Bonchev–Trinajstić information content (AvgIpc) is 2.15. The third-order valence-electron chi connectivity index (χ3n) is 1.94. The van der Waals surface area contributed by atoms with Gasteiger partial charge in [-0.3, -0.25) is 0 Å². The van der Waals surface area contributed by atoms with Crippen LogP contribution in [0.15, 0.2) is 18.2 Å². The average molecular weight is 234 g/mol. The first-order chi connectivity index (χ1) is 6.65. The molecule has 0 aliphatic rings. The van der Waals surface area contributed by atoms with Gasteiger partial charge in [0.05, 0.1) is 6.61 Å². The zero-order chi connectivity index (χ0) is 10.6. The molecule has 15 heavy (non-hydrogen) atoms. The number of rotatable bonds is 4. The van der Waals surface area contributed by atoms with Crippen molar-refractivity contribution in [3.63, 3.8) is 0 Å². The predicted molar refractivity (Wildman–Crippen MR) is 62.0 cm³/mol. The Kier molecular flexibility index (Phi) is 6.29. The lowest BCUT2D eigenvalue weighted by molar-refractivity contribution is 0.301. The van der Waals surface area contributed by atoms with Gasteiger partial charge in [-0.05, 0) is 31.0 Å². The van der Waals surface area contributed by atoms with Gasteiger partial charge in [-0.2, -0.15) is 0 Å². The fourth-order valence-electron chi connectivity index (χ4n) is 1.13. The molecule has 4 heteroatoms. The van der Waals surface area contributed by atoms with Crippen LogP contribution in [0.2, 0.25) is 0 Å². The molecule has 0 fully saturated rings. The van der Waals surface area contributed by atoms with Crippen LogP contribution in [0.5, 0.6) is 5.75 Å². The van der Waals surface area contributed by atoms with Gasteiger partial charge >= 0.3 is 0 Å². The van der Waals surface area contributed by atoms with Crippen LogP contribution < -0.4 is 10.5 Å². The van der Waals surface area contributed by atoms with Crippen molar-refractivity contribution in [2.24, 2.45) is 5.73 Å². The van der Waals surface area contributed by atoms with Crippen molar-refractivity contribution < 1.29 is 9.13 Å². The lowest BCUT2D eigenvalue weighted by atomic mass is 10.1. The highest BCUT2D eigenvalue weighted by Crippen LogP contribution is 2.21. The quantitative estimate of drug-likeness (QED) is 0.868. The van der Waals surface area contributed by atoms with Gasteiger partial charge in [-0.1, -0.05) is 13.0 Å². The van der Waals surface area contributed by atoms with Crippen LogP contribution in [0, 0.1) is 5.82 Å². The topological polar surface area (TPSA) is 35.2 Å². The smallest absolute Gasteiger partial charge is 0.165 e. The van der Waals surface area contributed by atoms with E-state index < -0.39 is 0 Å². The second-order valence-electron chi connectivity index (χ2n) is 3.33. The molecule has 2 nitrogen and oxygen atoms in total. The summed E-state index contributed by atoms with van der Waals surface area (Å²) in [4.78, 5) is 0. The Morgan fingerprint density at radius 2 is 2.13 bits per heavy atom. The highest BCUT2D eigenvalue weighted by molar-refractivity contribution is 5.85. The third kappa shape index (κ3) is 4.06. The Hall–Kier alpha value is -0.800. The van der Waals surface area contributed by atoms with Gasteiger partial charge in [0.25, 0.3) is 0 Å². The second-order valence-corrected chi connectivity index (χ2v) is 3.33. The Labute approximate surface area is 96.0 Å². The third-order valence-corrected chi connectivity index (χ3v) is 1.94. The zero-order valence-electron chi connectivity index (χ0n) is 9.00. The van der Waals surface area contributed by atoms with E-state index in [0.29, 0.717) is 12.4 Å². The zero-order valence-corrected chi connectivity index (χ0v) is 9.81. The molecule has 0 bridgehead atoms. The first kappa shape index (κ1) is 14.2. The van der Waals surface area contributed by atoms with Gasteiger partial charge in [0.1, 0.15) is 0 Å². The highest BCUT2D eigenvalue weighted by atomic mass is 35.5. The molecule has 0 amide bonds. The standard InChI is InChI=1S/C11H16FNO.ClH/c1-3-6-14-11-5-4-9(8(2)13)7-10(11)12;/h4-5,7-8H,3,6,13H2,1-2H3;1H/t8-;/m1./s1. The lowest BCUT2D eigenvalue weighted by Gasteiger charge is -2.09. The normalized spacial score (nSPS) is 11.7. The fourth-order valence-corrected chi connectivity index (χ4v) is 1.13. The number of ether oxygens (including phenoxy) is 1. The summed E-state index contributed by atoms with van der Waals surface area (Å²) in [7, 11) is 0. The van der Waals surface area contributed by atoms with Crippen LogP contribution in [0.3, 0.4) is 0 Å². The highest BCUT2D eigenvalue weighted by Gasteiger charge is 2.06. The fraction of sp³-hybridized carbons (Fsp3) is 0.455. The van der Waals surface area contributed by atoms with Crippen molar-refractivity contribution in [1.29, 1.82) is 0 Å². The van der Waals surface area contributed by atoms with Gasteiger partial charge < -0.3 is 10.5 Å². The first-order valence-corrected chi connectivity index (χ1v) is 4.83. The van der Waals surface area contributed by atoms with Gasteiger partial charge in [0.15, 0.2) is 11.6 Å². The van der Waals surface area contributed by atoms with E-state index in [1.165, 1.54) is 6.07 Å². The second kappa shape index (κ2) is 6.64. The summed E-state index contributed by atoms with van der Waals surface area (Å²) < 4.78 is 18.6. The van der Waals surface area contributed by atoms with Crippen molar-refractivity contribution in [2.45, 2.75) is 26.3 Å². The number of halogens is 2. The summed E-state index contributed by atoms with van der Waals surface area (Å²) in [6, 6.07) is 4.70. The molecule has 0 aromatic heterocycles. The summed E-state index contributed by atoms with van der Waals surface area (Å²) in [6.45, 7) is 4.34. The van der Waals surface area contributed by atoms with Crippen LogP contribution in [0.4, 0.5) is 4.39 Å². The summed E-state index contributed by atoms with van der Waals surface area (Å²) in [6.07, 6.45) is 0.870. The van der Waals surface area contributed by atoms with E-state index in [1.54, 1.807) is 12.1 Å². The maximum absolute atomic E-state index is 13.4. The Balaban J connectivity index is 0.00000196. The Morgan fingerprint density at radius 3 is 2.60 bits per heavy atom. The SMILES string of the molecule is CCCOc1ccc([C@@H](C)N)cc1F.Cl. The molecule has 0 saturated heterocycles. The molecule has 1 aromatic carbocycles. The van der Waals surface area contributed by atoms with E-state index in [4.69, 9.17) is 10.5 Å². The van der Waals surface area contributed by atoms with E-state index in [-0.39, 0.29) is 24.3 Å². The minimum absolute atomic E-state index is 0. The minimum atomic E-state index is -0.340. The summed E-state index contributed by atoms with van der Waals surface area (Å²) in [5.74, 6) is -0.0375. The van der Waals surface area contributed by atoms with E-state index in [1.807, 2.05) is 13.8 Å². The molecule has 0 saturated carbocycles. The Morgan fingerprint density at radius 1 is 1.47 bits per heavy atom. The van der Waals surface area contributed by atoms with Crippen molar-refractivity contribution >= 4 is 12.4 Å². The van der Waals surface area contributed by atoms with Gasteiger partial charge in [-0.25, -0.2) is 4.39 Å². The molecule has 0 aliphatic carbocycles. The molecule has 86 valence electrons. The molecule has 0 aliphatic heterocycles. The first-order valence-electron chi connectivity index (χ1n) is 4.83. The van der Waals surface area contributed by atoms with Crippen LogP contribution in [-0.4, -0.2) is 6.61 Å². The van der Waals surface area contributed by atoms with Crippen LogP contribution >= 0.6 is 12.4 Å². The summed E-state index contributed by atoms with van der Waals surface area (Å²) >= 11 is 0. The lowest BCUT2D eigenvalue weighted by Crippen LogP contribution is -2.06. The maximum Gasteiger partial charge on any atom is 0.165 e. The van der Waals surface area contributed by atoms with Crippen molar-refractivity contribution in [3.8, 4) is 5.75 Å². The van der Waals surface area contributed by atoms with Crippen molar-refractivity contribution in [1.82, 2.24) is 0 Å². The van der Waals surface area contributed by atoms with E-state index in [2.05, 4.69) is 0 Å². The molecule has 0 unspecified atom stereocenters. The van der Waals surface area contributed by atoms with E-state index in [9.17, 15) is 4.39 Å². The molecule has 0 spiro atoms. The molecule has 1 atom stereocenters. The van der Waals surface area contributed by atoms with E-state index >= 15 is 0 Å². The van der Waals surface area contributed by atoms with Crippen LogP contribution in [-0.2, 0) is 0 Å². The monoisotopic (exact) mass is 233 g/mol. The largest absolute Gasteiger partial charge is 0.491 e. The molecular formula is C11H17ClFNO. The predicted octanol–water partition coefficient (Wildman–Crippen LogP) is 3.06. The molecule has 1 aromatic rings. The molecule has 1 rings (SSSR count). The van der Waals surface area contributed by atoms with Crippen molar-refractivity contribution in [2.75, 3.05) is 6.61 Å². The molecule has 0 radical (unpaired) electrons. The van der Waals surface area contributed by atoms with Crippen molar-refractivity contribution in [3.05, 3.63) is 29.6 Å². The number of hydrogen-bond donors (Lipinski definition) is 1. The van der Waals surface area contributed by atoms with Gasteiger partial charge in [0.2, 0.25) is 0 Å².